The van der Waals surface area contributed by atoms with Gasteiger partial charge in [-0.05, 0) is 28.5 Å². The topological polar surface area (TPSA) is 30.0 Å². The Labute approximate surface area is 122 Å². The van der Waals surface area contributed by atoms with Gasteiger partial charge in [-0.3, -0.25) is 9.78 Å². The molecule has 0 aliphatic rings. The van der Waals surface area contributed by atoms with E-state index in [1.165, 1.54) is 6.20 Å². The van der Waals surface area contributed by atoms with Gasteiger partial charge in [-0.15, -0.1) is 0 Å². The minimum Gasteiger partial charge on any atom is -0.292 e. The normalized spacial score (nSPS) is 10.7. The molecule has 98 valence electrons. The molecule has 0 saturated heterocycles. The number of nitrogens with zero attached hydrogens (tertiary/aromatic N) is 1. The number of carbonyl (C=O) groups is 1. The summed E-state index contributed by atoms with van der Waals surface area (Å²) in [5.41, 5.74) is 1.46. The molecule has 2 aromatic carbocycles. The highest BCUT2D eigenvalue weighted by molar-refractivity contribution is 6.30. The van der Waals surface area contributed by atoms with Gasteiger partial charge in [0.2, 0.25) is 0 Å². The Morgan fingerprint density at radius 1 is 1.00 bits per heavy atom. The Morgan fingerprint density at radius 2 is 1.80 bits per heavy atom. The lowest BCUT2D eigenvalue weighted by molar-refractivity contribution is 0.0988. The number of hydrogen-bond donors (Lipinski definition) is 0. The largest absolute Gasteiger partial charge is 0.292 e. The number of Topliss-reactive ketones (excluding diaryl/α,β-unsaturated/α-hetero) is 1. The number of halogens is 1. The molecule has 0 fully saturated rings. The second kappa shape index (κ2) is 5.43. The SMILES string of the molecule is O=C(Cc1cccc2ccccc12)c1ccc(Cl)cn1. The maximum Gasteiger partial charge on any atom is 0.185 e. The molecule has 0 amide bonds. The van der Waals surface area contributed by atoms with E-state index < -0.39 is 0 Å². The molecule has 0 radical (unpaired) electrons. The third kappa shape index (κ3) is 2.56. The number of aromatic nitrogens is 1. The van der Waals surface area contributed by atoms with Crippen molar-refractivity contribution in [3.63, 3.8) is 0 Å². The molecule has 2 nitrogen and oxygen atoms in total. The molecule has 0 saturated carbocycles. The molecule has 0 aliphatic heterocycles. The molecule has 0 spiro atoms. The molecule has 3 rings (SSSR count). The average molecular weight is 282 g/mol. The quantitative estimate of drug-likeness (QED) is 0.670. The van der Waals surface area contributed by atoms with E-state index in [0.29, 0.717) is 17.1 Å². The van der Waals surface area contributed by atoms with Crippen molar-refractivity contribution in [1.29, 1.82) is 0 Å². The Morgan fingerprint density at radius 3 is 2.60 bits per heavy atom. The second-order valence-corrected chi connectivity index (χ2v) is 5.04. The van der Waals surface area contributed by atoms with Crippen LogP contribution in [0.3, 0.4) is 0 Å². The van der Waals surface area contributed by atoms with Crippen LogP contribution < -0.4 is 0 Å². The van der Waals surface area contributed by atoms with Gasteiger partial charge in [0, 0.05) is 12.6 Å². The fourth-order valence-corrected chi connectivity index (χ4v) is 2.36. The van der Waals surface area contributed by atoms with Crippen LogP contribution in [-0.2, 0) is 6.42 Å². The first-order valence-electron chi connectivity index (χ1n) is 6.35. The minimum absolute atomic E-state index is 0.00183. The van der Waals surface area contributed by atoms with Gasteiger partial charge in [0.05, 0.1) is 5.02 Å². The summed E-state index contributed by atoms with van der Waals surface area (Å²) < 4.78 is 0. The zero-order valence-electron chi connectivity index (χ0n) is 10.7. The number of ketones is 1. The predicted octanol–water partition coefficient (Wildman–Crippen LogP) is 4.31. The molecule has 0 atom stereocenters. The molecule has 0 aliphatic carbocycles. The average Bonchev–Trinajstić information content (AvgIpc) is 2.48. The minimum atomic E-state index is -0.00183. The Balaban J connectivity index is 1.93. The summed E-state index contributed by atoms with van der Waals surface area (Å²) in [7, 11) is 0. The molecule has 1 heterocycles. The third-order valence-electron chi connectivity index (χ3n) is 3.24. The number of hydrogen-bond acceptors (Lipinski definition) is 2. The van der Waals surface area contributed by atoms with Gasteiger partial charge < -0.3 is 0 Å². The first-order chi connectivity index (χ1) is 9.74. The molecule has 1 aromatic heterocycles. The van der Waals surface area contributed by atoms with E-state index in [4.69, 9.17) is 11.6 Å². The molecule has 20 heavy (non-hydrogen) atoms. The highest BCUT2D eigenvalue weighted by atomic mass is 35.5. The zero-order chi connectivity index (χ0) is 13.9. The van der Waals surface area contributed by atoms with Gasteiger partial charge in [0.15, 0.2) is 5.78 Å². The van der Waals surface area contributed by atoms with Gasteiger partial charge in [0.25, 0.3) is 0 Å². The lowest BCUT2D eigenvalue weighted by Crippen LogP contribution is -2.06. The lowest BCUT2D eigenvalue weighted by atomic mass is 9.99. The van der Waals surface area contributed by atoms with Gasteiger partial charge in [-0.2, -0.15) is 0 Å². The van der Waals surface area contributed by atoms with E-state index in [0.717, 1.165) is 16.3 Å². The fourth-order valence-electron chi connectivity index (χ4n) is 2.25. The predicted molar refractivity (Wildman–Crippen MR) is 81.2 cm³/mol. The summed E-state index contributed by atoms with van der Waals surface area (Å²) in [5, 5.41) is 2.78. The molecule has 0 unspecified atom stereocenters. The molecular weight excluding hydrogens is 270 g/mol. The first kappa shape index (κ1) is 12.8. The van der Waals surface area contributed by atoms with E-state index in [1.54, 1.807) is 12.1 Å². The molecule has 0 N–H and O–H groups in total. The summed E-state index contributed by atoms with van der Waals surface area (Å²) in [6, 6.07) is 17.4. The van der Waals surface area contributed by atoms with Gasteiger partial charge in [-0.1, -0.05) is 54.1 Å². The molecular formula is C17H12ClNO. The highest BCUT2D eigenvalue weighted by Crippen LogP contribution is 2.20. The smallest absolute Gasteiger partial charge is 0.185 e. The van der Waals surface area contributed by atoms with Crippen molar-refractivity contribution in [2.24, 2.45) is 0 Å². The number of pyridine rings is 1. The van der Waals surface area contributed by atoms with Gasteiger partial charge in [-0.25, -0.2) is 0 Å². The van der Waals surface area contributed by atoms with Crippen molar-refractivity contribution in [3.05, 3.63) is 77.1 Å². The number of benzene rings is 2. The van der Waals surface area contributed by atoms with Crippen molar-refractivity contribution in [1.82, 2.24) is 4.98 Å². The fraction of sp³-hybridized carbons (Fsp3) is 0.0588. The van der Waals surface area contributed by atoms with Crippen LogP contribution in [0.15, 0.2) is 60.8 Å². The van der Waals surface area contributed by atoms with E-state index in [-0.39, 0.29) is 5.78 Å². The number of carbonyl (C=O) groups excluding carboxylic acids is 1. The van der Waals surface area contributed by atoms with Crippen LogP contribution >= 0.6 is 11.6 Å². The Bertz CT molecular complexity index is 760. The summed E-state index contributed by atoms with van der Waals surface area (Å²) in [4.78, 5) is 16.3. The van der Waals surface area contributed by atoms with Crippen LogP contribution in [0.2, 0.25) is 5.02 Å². The van der Waals surface area contributed by atoms with E-state index in [1.807, 2.05) is 42.5 Å². The van der Waals surface area contributed by atoms with Crippen molar-refractivity contribution in [2.75, 3.05) is 0 Å². The van der Waals surface area contributed by atoms with Crippen LogP contribution in [0.5, 0.6) is 0 Å². The van der Waals surface area contributed by atoms with Crippen LogP contribution in [0, 0.1) is 0 Å². The monoisotopic (exact) mass is 281 g/mol. The second-order valence-electron chi connectivity index (χ2n) is 4.60. The lowest BCUT2D eigenvalue weighted by Gasteiger charge is -2.05. The maximum absolute atomic E-state index is 12.3. The summed E-state index contributed by atoms with van der Waals surface area (Å²) in [5.74, 6) is -0.00183. The summed E-state index contributed by atoms with van der Waals surface area (Å²) in [6.45, 7) is 0. The van der Waals surface area contributed by atoms with E-state index in [9.17, 15) is 4.79 Å². The number of rotatable bonds is 3. The Kier molecular flexibility index (Phi) is 3.48. The van der Waals surface area contributed by atoms with Crippen LogP contribution in [0.1, 0.15) is 16.1 Å². The zero-order valence-corrected chi connectivity index (χ0v) is 11.5. The summed E-state index contributed by atoms with van der Waals surface area (Å²) >= 11 is 5.78. The van der Waals surface area contributed by atoms with Crippen molar-refractivity contribution in [2.45, 2.75) is 6.42 Å². The molecule has 3 aromatic rings. The Hall–Kier alpha value is -2.19. The summed E-state index contributed by atoms with van der Waals surface area (Å²) in [6.07, 6.45) is 1.84. The number of fused-ring (bicyclic) bond motifs is 1. The highest BCUT2D eigenvalue weighted by Gasteiger charge is 2.10. The van der Waals surface area contributed by atoms with Gasteiger partial charge >= 0.3 is 0 Å². The van der Waals surface area contributed by atoms with Crippen molar-refractivity contribution < 1.29 is 4.79 Å². The van der Waals surface area contributed by atoms with Crippen molar-refractivity contribution >= 4 is 28.2 Å². The first-order valence-corrected chi connectivity index (χ1v) is 6.73. The molecule has 3 heteroatoms. The van der Waals surface area contributed by atoms with Gasteiger partial charge in [0.1, 0.15) is 5.69 Å². The standard InChI is InChI=1S/C17H12ClNO/c18-14-8-9-16(19-11-14)17(20)10-13-6-3-5-12-4-1-2-7-15(12)13/h1-9,11H,10H2. The van der Waals surface area contributed by atoms with Crippen molar-refractivity contribution in [3.8, 4) is 0 Å². The van der Waals surface area contributed by atoms with E-state index >= 15 is 0 Å². The van der Waals surface area contributed by atoms with Crippen LogP contribution in [0.25, 0.3) is 10.8 Å². The van der Waals surface area contributed by atoms with Crippen LogP contribution in [0.4, 0.5) is 0 Å². The molecule has 0 bridgehead atoms. The maximum atomic E-state index is 12.3. The third-order valence-corrected chi connectivity index (χ3v) is 3.47. The van der Waals surface area contributed by atoms with E-state index in [2.05, 4.69) is 4.98 Å². The van der Waals surface area contributed by atoms with Crippen LogP contribution in [-0.4, -0.2) is 10.8 Å².